The van der Waals surface area contributed by atoms with E-state index in [0.29, 0.717) is 12.0 Å². The van der Waals surface area contributed by atoms with Crippen LogP contribution in [0.1, 0.15) is 30.6 Å². The van der Waals surface area contributed by atoms with E-state index in [4.69, 9.17) is 0 Å². The van der Waals surface area contributed by atoms with Crippen molar-refractivity contribution in [1.29, 1.82) is 0 Å². The number of hydrogen-bond acceptors (Lipinski definition) is 3. The molecule has 3 atom stereocenters. The van der Waals surface area contributed by atoms with Gasteiger partial charge in [0.1, 0.15) is 0 Å². The Morgan fingerprint density at radius 3 is 2.25 bits per heavy atom. The van der Waals surface area contributed by atoms with Crippen molar-refractivity contribution in [2.45, 2.75) is 32.5 Å². The molecule has 0 aliphatic heterocycles. The van der Waals surface area contributed by atoms with Gasteiger partial charge in [-0.2, -0.15) is 0 Å². The standard InChI is InChI=1S/C13H18O3/c1-3-11(15)12(9(2)14)13(16)10-7-5-4-6-8-10/h4-9,11-12,14-15H,3H2,1-2H3/t9-,11+,12-/m0/s1. The summed E-state index contributed by atoms with van der Waals surface area (Å²) in [5.41, 5.74) is 0.529. The Kier molecular flexibility index (Phi) is 4.65. The van der Waals surface area contributed by atoms with Gasteiger partial charge in [-0.3, -0.25) is 4.79 Å². The lowest BCUT2D eigenvalue weighted by Gasteiger charge is -2.23. The molecule has 0 saturated carbocycles. The highest BCUT2D eigenvalue weighted by molar-refractivity contribution is 5.98. The van der Waals surface area contributed by atoms with Gasteiger partial charge in [0, 0.05) is 5.56 Å². The number of carbonyl (C=O) groups is 1. The summed E-state index contributed by atoms with van der Waals surface area (Å²) in [6.07, 6.45) is -1.19. The fourth-order valence-electron chi connectivity index (χ4n) is 1.76. The number of Topliss-reactive ketones (excluding diaryl/α,β-unsaturated/α-hetero) is 1. The molecule has 1 aromatic rings. The van der Waals surface area contributed by atoms with E-state index in [1.165, 1.54) is 6.92 Å². The van der Waals surface area contributed by atoms with Crippen molar-refractivity contribution in [3.8, 4) is 0 Å². The van der Waals surface area contributed by atoms with Gasteiger partial charge in [0.05, 0.1) is 18.1 Å². The maximum atomic E-state index is 12.1. The minimum Gasteiger partial charge on any atom is -0.393 e. The predicted molar refractivity (Wildman–Crippen MR) is 62.2 cm³/mol. The number of aliphatic hydroxyl groups excluding tert-OH is 2. The lowest BCUT2D eigenvalue weighted by atomic mass is 9.87. The fourth-order valence-corrected chi connectivity index (χ4v) is 1.76. The first-order chi connectivity index (χ1) is 7.57. The zero-order valence-electron chi connectivity index (χ0n) is 9.63. The SMILES string of the molecule is CC[C@@H](O)[C@@H](C(=O)c1ccccc1)[C@H](C)O. The fraction of sp³-hybridized carbons (Fsp3) is 0.462. The summed E-state index contributed by atoms with van der Waals surface area (Å²) in [7, 11) is 0. The molecule has 2 N–H and O–H groups in total. The van der Waals surface area contributed by atoms with Gasteiger partial charge in [-0.1, -0.05) is 37.3 Å². The van der Waals surface area contributed by atoms with E-state index >= 15 is 0 Å². The van der Waals surface area contributed by atoms with Crippen LogP contribution >= 0.6 is 0 Å². The van der Waals surface area contributed by atoms with Crippen LogP contribution in [0.25, 0.3) is 0 Å². The number of benzene rings is 1. The van der Waals surface area contributed by atoms with Crippen molar-refractivity contribution in [1.82, 2.24) is 0 Å². The van der Waals surface area contributed by atoms with E-state index in [0.717, 1.165) is 0 Å². The summed E-state index contributed by atoms with van der Waals surface area (Å²) in [5, 5.41) is 19.3. The second kappa shape index (κ2) is 5.77. The highest BCUT2D eigenvalue weighted by Crippen LogP contribution is 2.18. The monoisotopic (exact) mass is 222 g/mol. The molecular formula is C13H18O3. The van der Waals surface area contributed by atoms with Crippen molar-refractivity contribution in [2.75, 3.05) is 0 Å². The second-order valence-corrected chi connectivity index (χ2v) is 3.97. The van der Waals surface area contributed by atoms with E-state index in [2.05, 4.69) is 0 Å². The Bertz CT molecular complexity index is 332. The van der Waals surface area contributed by atoms with Crippen molar-refractivity contribution in [3.05, 3.63) is 35.9 Å². The summed E-state index contributed by atoms with van der Waals surface area (Å²) >= 11 is 0. The summed E-state index contributed by atoms with van der Waals surface area (Å²) in [6.45, 7) is 3.32. The highest BCUT2D eigenvalue weighted by Gasteiger charge is 2.30. The third-order valence-corrected chi connectivity index (χ3v) is 2.71. The van der Waals surface area contributed by atoms with E-state index in [1.54, 1.807) is 31.2 Å². The van der Waals surface area contributed by atoms with Gasteiger partial charge < -0.3 is 10.2 Å². The van der Waals surface area contributed by atoms with Crippen LogP contribution in [0.4, 0.5) is 0 Å². The van der Waals surface area contributed by atoms with Gasteiger partial charge in [-0.05, 0) is 13.3 Å². The van der Waals surface area contributed by atoms with Gasteiger partial charge in [0.25, 0.3) is 0 Å². The number of rotatable bonds is 5. The Labute approximate surface area is 95.7 Å². The molecule has 0 unspecified atom stereocenters. The lowest BCUT2D eigenvalue weighted by Crippen LogP contribution is -2.36. The molecule has 0 fully saturated rings. The third kappa shape index (κ3) is 2.90. The summed E-state index contributed by atoms with van der Waals surface area (Å²) < 4.78 is 0. The van der Waals surface area contributed by atoms with Crippen LogP contribution in [0.3, 0.4) is 0 Å². The minimum absolute atomic E-state index is 0.204. The van der Waals surface area contributed by atoms with Crippen LogP contribution in [0.15, 0.2) is 30.3 Å². The van der Waals surface area contributed by atoms with Crippen LogP contribution in [0.2, 0.25) is 0 Å². The van der Waals surface area contributed by atoms with Crippen molar-refractivity contribution < 1.29 is 15.0 Å². The quantitative estimate of drug-likeness (QED) is 0.744. The number of hydrogen-bond donors (Lipinski definition) is 2. The molecule has 88 valence electrons. The summed E-state index contributed by atoms with van der Waals surface area (Å²) in [6, 6.07) is 8.75. The normalized spacial score (nSPS) is 16.5. The smallest absolute Gasteiger partial charge is 0.171 e. The molecule has 3 heteroatoms. The lowest BCUT2D eigenvalue weighted by molar-refractivity contribution is 0.0217. The van der Waals surface area contributed by atoms with E-state index < -0.39 is 18.1 Å². The highest BCUT2D eigenvalue weighted by atomic mass is 16.3. The van der Waals surface area contributed by atoms with E-state index in [-0.39, 0.29) is 5.78 Å². The Morgan fingerprint density at radius 1 is 1.25 bits per heavy atom. The first-order valence-electron chi connectivity index (χ1n) is 5.53. The van der Waals surface area contributed by atoms with Gasteiger partial charge in [0.15, 0.2) is 5.78 Å². The van der Waals surface area contributed by atoms with E-state index in [9.17, 15) is 15.0 Å². The molecule has 3 nitrogen and oxygen atoms in total. The number of ketones is 1. The molecular weight excluding hydrogens is 204 g/mol. The zero-order chi connectivity index (χ0) is 12.1. The van der Waals surface area contributed by atoms with Gasteiger partial charge in [-0.15, -0.1) is 0 Å². The second-order valence-electron chi connectivity index (χ2n) is 3.97. The zero-order valence-corrected chi connectivity index (χ0v) is 9.63. The third-order valence-electron chi connectivity index (χ3n) is 2.71. The molecule has 0 spiro atoms. The molecule has 0 amide bonds. The maximum Gasteiger partial charge on any atom is 0.171 e. The summed E-state index contributed by atoms with van der Waals surface area (Å²) in [5.74, 6) is -0.947. The molecule has 0 heterocycles. The molecule has 0 aromatic heterocycles. The molecule has 0 aliphatic carbocycles. The molecule has 1 rings (SSSR count). The molecule has 0 saturated heterocycles. The molecule has 0 aliphatic rings. The van der Waals surface area contributed by atoms with Gasteiger partial charge in [-0.25, -0.2) is 0 Å². The predicted octanol–water partition coefficient (Wildman–Crippen LogP) is 1.64. The van der Waals surface area contributed by atoms with Crippen LogP contribution < -0.4 is 0 Å². The first-order valence-corrected chi connectivity index (χ1v) is 5.53. The minimum atomic E-state index is -0.845. The molecule has 0 radical (unpaired) electrons. The Morgan fingerprint density at radius 2 is 1.81 bits per heavy atom. The summed E-state index contributed by atoms with van der Waals surface area (Å²) in [4.78, 5) is 12.1. The van der Waals surface area contributed by atoms with Gasteiger partial charge in [0.2, 0.25) is 0 Å². The largest absolute Gasteiger partial charge is 0.393 e. The van der Waals surface area contributed by atoms with E-state index in [1.807, 2.05) is 6.07 Å². The topological polar surface area (TPSA) is 57.5 Å². The maximum absolute atomic E-state index is 12.1. The number of aliphatic hydroxyl groups is 2. The number of carbonyl (C=O) groups excluding carboxylic acids is 1. The van der Waals surface area contributed by atoms with Crippen LogP contribution in [-0.2, 0) is 0 Å². The van der Waals surface area contributed by atoms with Crippen LogP contribution in [-0.4, -0.2) is 28.2 Å². The molecule has 16 heavy (non-hydrogen) atoms. The van der Waals surface area contributed by atoms with Crippen molar-refractivity contribution >= 4 is 5.78 Å². The Hall–Kier alpha value is -1.19. The first kappa shape index (κ1) is 12.9. The van der Waals surface area contributed by atoms with Crippen LogP contribution in [0, 0.1) is 5.92 Å². The molecule has 0 bridgehead atoms. The average molecular weight is 222 g/mol. The van der Waals surface area contributed by atoms with Crippen molar-refractivity contribution in [2.24, 2.45) is 5.92 Å². The Balaban J connectivity index is 2.92. The molecule has 1 aromatic carbocycles. The average Bonchev–Trinajstić information content (AvgIpc) is 2.29. The van der Waals surface area contributed by atoms with Gasteiger partial charge >= 0.3 is 0 Å². The van der Waals surface area contributed by atoms with Crippen molar-refractivity contribution in [3.63, 3.8) is 0 Å². The van der Waals surface area contributed by atoms with Crippen LogP contribution in [0.5, 0.6) is 0 Å².